The van der Waals surface area contributed by atoms with Crippen LogP contribution in [0.25, 0.3) is 0 Å². The molecular formula is C16H19NOS. The molecule has 0 amide bonds. The number of thiophene rings is 1. The molecule has 1 unspecified atom stereocenters. The molecule has 19 heavy (non-hydrogen) atoms. The lowest BCUT2D eigenvalue weighted by Crippen LogP contribution is -2.16. The van der Waals surface area contributed by atoms with Crippen LogP contribution in [0.15, 0.2) is 29.6 Å². The van der Waals surface area contributed by atoms with Gasteiger partial charge in [-0.1, -0.05) is 0 Å². The van der Waals surface area contributed by atoms with Crippen molar-refractivity contribution in [1.29, 1.82) is 0 Å². The highest BCUT2D eigenvalue weighted by atomic mass is 32.1. The average molecular weight is 273 g/mol. The van der Waals surface area contributed by atoms with E-state index in [1.807, 2.05) is 17.4 Å². The van der Waals surface area contributed by atoms with Crippen LogP contribution in [-0.4, -0.2) is 7.11 Å². The smallest absolute Gasteiger partial charge is 0.119 e. The number of anilines is 1. The molecule has 1 atom stereocenters. The van der Waals surface area contributed by atoms with E-state index in [1.165, 1.54) is 36.1 Å². The third kappa shape index (κ3) is 2.47. The van der Waals surface area contributed by atoms with Crippen molar-refractivity contribution in [3.05, 3.63) is 45.6 Å². The van der Waals surface area contributed by atoms with Gasteiger partial charge in [0.25, 0.3) is 0 Å². The fourth-order valence-corrected chi connectivity index (χ4v) is 3.74. The van der Waals surface area contributed by atoms with Gasteiger partial charge >= 0.3 is 0 Å². The largest absolute Gasteiger partial charge is 0.497 e. The highest BCUT2D eigenvalue weighted by molar-refractivity contribution is 7.10. The second-order valence-corrected chi connectivity index (χ2v) is 6.07. The molecule has 1 aromatic carbocycles. The molecule has 0 radical (unpaired) electrons. The summed E-state index contributed by atoms with van der Waals surface area (Å²) in [7, 11) is 1.71. The van der Waals surface area contributed by atoms with Crippen molar-refractivity contribution < 1.29 is 4.74 Å². The summed E-state index contributed by atoms with van der Waals surface area (Å²) in [6.45, 7) is 2.13. The van der Waals surface area contributed by atoms with E-state index < -0.39 is 0 Å². The highest BCUT2D eigenvalue weighted by Gasteiger charge is 2.21. The van der Waals surface area contributed by atoms with Crippen LogP contribution in [0.5, 0.6) is 5.75 Å². The minimum atomic E-state index is 0.460. The van der Waals surface area contributed by atoms with Gasteiger partial charge in [-0.2, -0.15) is 0 Å². The third-order valence-electron chi connectivity index (χ3n) is 3.82. The van der Waals surface area contributed by atoms with Gasteiger partial charge in [-0.05, 0) is 67.0 Å². The molecule has 0 bridgehead atoms. The van der Waals surface area contributed by atoms with Gasteiger partial charge < -0.3 is 10.1 Å². The molecule has 1 N–H and O–H groups in total. The maximum absolute atomic E-state index is 5.26. The van der Waals surface area contributed by atoms with Gasteiger partial charge in [0.15, 0.2) is 0 Å². The van der Waals surface area contributed by atoms with E-state index in [1.54, 1.807) is 12.0 Å². The van der Waals surface area contributed by atoms with Crippen LogP contribution in [0, 0.1) is 6.92 Å². The molecule has 1 aliphatic carbocycles. The second kappa shape index (κ2) is 5.25. The van der Waals surface area contributed by atoms with E-state index >= 15 is 0 Å². The Morgan fingerprint density at radius 2 is 2.21 bits per heavy atom. The molecular weight excluding hydrogens is 254 g/mol. The Hall–Kier alpha value is -1.48. The SMILES string of the molecule is COc1ccc(NC2CCCc3sccc32)c(C)c1. The van der Waals surface area contributed by atoms with Gasteiger partial charge in [0, 0.05) is 10.6 Å². The molecule has 0 aliphatic heterocycles. The Morgan fingerprint density at radius 1 is 1.32 bits per heavy atom. The van der Waals surface area contributed by atoms with Crippen molar-refractivity contribution in [3.63, 3.8) is 0 Å². The predicted molar refractivity (Wildman–Crippen MR) is 81.4 cm³/mol. The highest BCUT2D eigenvalue weighted by Crippen LogP contribution is 2.36. The van der Waals surface area contributed by atoms with Gasteiger partial charge in [0.05, 0.1) is 13.2 Å². The van der Waals surface area contributed by atoms with E-state index in [-0.39, 0.29) is 0 Å². The zero-order valence-corrected chi connectivity index (χ0v) is 12.2. The zero-order valence-electron chi connectivity index (χ0n) is 11.4. The first kappa shape index (κ1) is 12.5. The number of benzene rings is 1. The number of nitrogens with one attached hydrogen (secondary N) is 1. The number of rotatable bonds is 3. The van der Waals surface area contributed by atoms with Crippen LogP contribution >= 0.6 is 11.3 Å². The Morgan fingerprint density at radius 3 is 3.00 bits per heavy atom. The number of hydrogen-bond donors (Lipinski definition) is 1. The number of aryl methyl sites for hydroxylation is 2. The van der Waals surface area contributed by atoms with Gasteiger partial charge in [-0.25, -0.2) is 0 Å². The number of fused-ring (bicyclic) bond motifs is 1. The fourth-order valence-electron chi connectivity index (χ4n) is 2.75. The third-order valence-corrected chi connectivity index (χ3v) is 4.81. The van der Waals surface area contributed by atoms with Gasteiger partial charge in [0.2, 0.25) is 0 Å². The van der Waals surface area contributed by atoms with Crippen LogP contribution in [0.1, 0.15) is 34.9 Å². The van der Waals surface area contributed by atoms with E-state index in [0.29, 0.717) is 6.04 Å². The molecule has 0 spiro atoms. The summed E-state index contributed by atoms with van der Waals surface area (Å²) in [6.07, 6.45) is 3.74. The zero-order chi connectivity index (χ0) is 13.2. The van der Waals surface area contributed by atoms with Crippen molar-refractivity contribution in [3.8, 4) is 5.75 Å². The minimum absolute atomic E-state index is 0.460. The lowest BCUT2D eigenvalue weighted by atomic mass is 9.93. The Labute approximate surface area is 118 Å². The number of ether oxygens (including phenoxy) is 1. The molecule has 1 aromatic heterocycles. The van der Waals surface area contributed by atoms with Gasteiger partial charge in [0.1, 0.15) is 5.75 Å². The van der Waals surface area contributed by atoms with Gasteiger partial charge in [-0.3, -0.25) is 0 Å². The number of hydrogen-bond acceptors (Lipinski definition) is 3. The summed E-state index contributed by atoms with van der Waals surface area (Å²) in [5.74, 6) is 0.919. The van der Waals surface area contributed by atoms with E-state index in [9.17, 15) is 0 Å². The summed E-state index contributed by atoms with van der Waals surface area (Å²) in [5.41, 5.74) is 3.94. The van der Waals surface area contributed by atoms with Crippen LogP contribution in [0.3, 0.4) is 0 Å². The van der Waals surface area contributed by atoms with E-state index in [2.05, 4.69) is 35.8 Å². The normalized spacial score (nSPS) is 17.9. The number of methoxy groups -OCH3 is 1. The fraction of sp³-hybridized carbons (Fsp3) is 0.375. The molecule has 0 fully saturated rings. The lowest BCUT2D eigenvalue weighted by molar-refractivity contribution is 0.414. The quantitative estimate of drug-likeness (QED) is 0.885. The van der Waals surface area contributed by atoms with Crippen molar-refractivity contribution in [2.24, 2.45) is 0 Å². The Bertz CT molecular complexity index is 576. The lowest BCUT2D eigenvalue weighted by Gasteiger charge is -2.25. The first-order valence-corrected chi connectivity index (χ1v) is 7.63. The van der Waals surface area contributed by atoms with E-state index in [0.717, 1.165) is 5.75 Å². The predicted octanol–water partition coefficient (Wildman–Crippen LogP) is 4.55. The van der Waals surface area contributed by atoms with Crippen molar-refractivity contribution in [1.82, 2.24) is 0 Å². The minimum Gasteiger partial charge on any atom is -0.497 e. The van der Waals surface area contributed by atoms with E-state index in [4.69, 9.17) is 4.74 Å². The standard InChI is InChI=1S/C16H19NOS/c1-11-10-12(18-2)6-7-14(11)17-15-4-3-5-16-13(15)8-9-19-16/h6-10,15,17H,3-5H2,1-2H3. The Balaban J connectivity index is 1.83. The van der Waals surface area contributed by atoms with Crippen molar-refractivity contribution >= 4 is 17.0 Å². The maximum atomic E-state index is 5.26. The first-order valence-electron chi connectivity index (χ1n) is 6.75. The van der Waals surface area contributed by atoms with Crippen LogP contribution in [0.2, 0.25) is 0 Å². The maximum Gasteiger partial charge on any atom is 0.119 e. The molecule has 100 valence electrons. The van der Waals surface area contributed by atoms with Crippen LogP contribution in [-0.2, 0) is 6.42 Å². The molecule has 0 saturated carbocycles. The molecule has 1 aliphatic rings. The molecule has 0 saturated heterocycles. The summed E-state index contributed by atoms with van der Waals surface area (Å²) in [4.78, 5) is 1.55. The summed E-state index contributed by atoms with van der Waals surface area (Å²) >= 11 is 1.89. The summed E-state index contributed by atoms with van der Waals surface area (Å²) in [6, 6.07) is 8.96. The van der Waals surface area contributed by atoms with Crippen molar-refractivity contribution in [2.75, 3.05) is 12.4 Å². The van der Waals surface area contributed by atoms with Crippen molar-refractivity contribution in [2.45, 2.75) is 32.2 Å². The summed E-state index contributed by atoms with van der Waals surface area (Å²) < 4.78 is 5.26. The molecule has 2 aromatic rings. The Kier molecular flexibility index (Phi) is 3.47. The van der Waals surface area contributed by atoms with Gasteiger partial charge in [-0.15, -0.1) is 11.3 Å². The topological polar surface area (TPSA) is 21.3 Å². The average Bonchev–Trinajstić information content (AvgIpc) is 2.90. The monoisotopic (exact) mass is 273 g/mol. The molecule has 1 heterocycles. The summed E-state index contributed by atoms with van der Waals surface area (Å²) in [5, 5.41) is 5.91. The van der Waals surface area contributed by atoms with Crippen LogP contribution < -0.4 is 10.1 Å². The second-order valence-electron chi connectivity index (χ2n) is 5.07. The molecule has 3 heteroatoms. The first-order chi connectivity index (χ1) is 9.28. The van der Waals surface area contributed by atoms with Crippen LogP contribution in [0.4, 0.5) is 5.69 Å². The molecule has 3 rings (SSSR count). The molecule has 2 nitrogen and oxygen atoms in total.